The Hall–Kier alpha value is -1.35. The third-order valence-corrected chi connectivity index (χ3v) is 3.07. The monoisotopic (exact) mass is 218 g/mol. The number of benzene rings is 1. The van der Waals surface area contributed by atoms with Crippen LogP contribution < -0.4 is 0 Å². The predicted molar refractivity (Wildman–Crippen MR) is 64.9 cm³/mol. The molecule has 0 bridgehead atoms. The molecule has 86 valence electrons. The van der Waals surface area contributed by atoms with Gasteiger partial charge in [-0.2, -0.15) is 0 Å². The van der Waals surface area contributed by atoms with Crippen molar-refractivity contribution in [2.75, 3.05) is 20.2 Å². The number of methoxy groups -OCH3 is 1. The average molecular weight is 218 g/mol. The van der Waals surface area contributed by atoms with E-state index in [9.17, 15) is 0 Å². The lowest BCUT2D eigenvalue weighted by molar-refractivity contribution is 0.0536. The van der Waals surface area contributed by atoms with E-state index in [4.69, 9.17) is 10.1 Å². The maximum absolute atomic E-state index is 8.16. The lowest BCUT2D eigenvalue weighted by Gasteiger charge is -2.33. The van der Waals surface area contributed by atoms with Crippen molar-refractivity contribution in [3.05, 3.63) is 35.9 Å². The third kappa shape index (κ3) is 2.42. The molecule has 1 saturated heterocycles. The molecule has 1 unspecified atom stereocenters. The predicted octanol–water partition coefficient (Wildman–Crippen LogP) is 2.12. The Labute approximate surface area is 96.5 Å². The molecule has 1 fully saturated rings. The third-order valence-electron chi connectivity index (χ3n) is 3.07. The van der Waals surface area contributed by atoms with Crippen LogP contribution >= 0.6 is 0 Å². The first-order valence-corrected chi connectivity index (χ1v) is 5.73. The van der Waals surface area contributed by atoms with Crippen LogP contribution in [0.15, 0.2) is 30.3 Å². The maximum Gasteiger partial charge on any atom is 0.128 e. The molecule has 1 atom stereocenters. The number of nitrogens with zero attached hydrogens (tertiary/aromatic N) is 1. The first-order valence-electron chi connectivity index (χ1n) is 5.73. The van der Waals surface area contributed by atoms with Gasteiger partial charge in [0.2, 0.25) is 0 Å². The molecule has 1 aromatic rings. The number of amidine groups is 1. The fraction of sp³-hybridized carbons (Fsp3) is 0.462. The molecule has 0 saturated carbocycles. The van der Waals surface area contributed by atoms with E-state index in [1.807, 2.05) is 30.3 Å². The van der Waals surface area contributed by atoms with Gasteiger partial charge in [-0.25, -0.2) is 0 Å². The zero-order valence-electron chi connectivity index (χ0n) is 9.65. The lowest BCUT2D eigenvalue weighted by Crippen LogP contribution is -2.42. The van der Waals surface area contributed by atoms with Gasteiger partial charge in [-0.1, -0.05) is 30.3 Å². The molecule has 1 N–H and O–H groups in total. The van der Waals surface area contributed by atoms with Crippen molar-refractivity contribution in [1.29, 1.82) is 5.41 Å². The summed E-state index contributed by atoms with van der Waals surface area (Å²) in [7, 11) is 1.75. The van der Waals surface area contributed by atoms with Crippen LogP contribution in [-0.2, 0) is 4.74 Å². The Morgan fingerprint density at radius 3 is 2.81 bits per heavy atom. The highest BCUT2D eigenvalue weighted by atomic mass is 16.5. The van der Waals surface area contributed by atoms with E-state index in [0.717, 1.165) is 31.5 Å². The Balaban J connectivity index is 2.05. The molecule has 0 radical (unpaired) electrons. The van der Waals surface area contributed by atoms with Crippen molar-refractivity contribution in [2.24, 2.45) is 0 Å². The number of likely N-dealkylation sites (tertiary alicyclic amines) is 1. The first kappa shape index (κ1) is 11.1. The summed E-state index contributed by atoms with van der Waals surface area (Å²) in [5, 5.41) is 8.16. The number of hydrogen-bond donors (Lipinski definition) is 1. The second-order valence-corrected chi connectivity index (χ2v) is 4.16. The van der Waals surface area contributed by atoms with Gasteiger partial charge in [0.25, 0.3) is 0 Å². The molecule has 1 aliphatic heterocycles. The van der Waals surface area contributed by atoms with Crippen LogP contribution in [0.25, 0.3) is 0 Å². The topological polar surface area (TPSA) is 36.3 Å². The van der Waals surface area contributed by atoms with Crippen LogP contribution in [0, 0.1) is 5.41 Å². The van der Waals surface area contributed by atoms with E-state index in [0.29, 0.717) is 5.84 Å². The van der Waals surface area contributed by atoms with Crippen molar-refractivity contribution in [1.82, 2.24) is 4.90 Å². The molecular weight excluding hydrogens is 200 g/mol. The van der Waals surface area contributed by atoms with Crippen molar-refractivity contribution < 1.29 is 4.74 Å². The largest absolute Gasteiger partial charge is 0.380 e. The quantitative estimate of drug-likeness (QED) is 0.609. The van der Waals surface area contributed by atoms with Gasteiger partial charge in [-0.05, 0) is 12.8 Å². The number of ether oxygens (including phenoxy) is 1. The van der Waals surface area contributed by atoms with Crippen LogP contribution in [0.2, 0.25) is 0 Å². The highest BCUT2D eigenvalue weighted by Gasteiger charge is 2.21. The zero-order valence-corrected chi connectivity index (χ0v) is 9.65. The standard InChI is InChI=1S/C13H18N2O/c1-16-12-8-5-9-15(10-12)13(14)11-6-3-2-4-7-11/h2-4,6-7,12,14H,5,8-10H2,1H3. The summed E-state index contributed by atoms with van der Waals surface area (Å²) in [5.74, 6) is 0.613. The molecule has 0 spiro atoms. The zero-order chi connectivity index (χ0) is 11.4. The minimum absolute atomic E-state index is 0.276. The van der Waals surface area contributed by atoms with E-state index in [2.05, 4.69) is 4.90 Å². The van der Waals surface area contributed by atoms with Gasteiger partial charge >= 0.3 is 0 Å². The number of hydrogen-bond acceptors (Lipinski definition) is 2. The van der Waals surface area contributed by atoms with Crippen molar-refractivity contribution in [2.45, 2.75) is 18.9 Å². The van der Waals surface area contributed by atoms with Crippen LogP contribution in [0.1, 0.15) is 18.4 Å². The van der Waals surface area contributed by atoms with Gasteiger partial charge in [-0.15, -0.1) is 0 Å². The molecule has 0 aromatic heterocycles. The fourth-order valence-corrected chi connectivity index (χ4v) is 2.11. The first-order chi connectivity index (χ1) is 7.81. The van der Waals surface area contributed by atoms with Crippen LogP contribution in [0.4, 0.5) is 0 Å². The highest BCUT2D eigenvalue weighted by Crippen LogP contribution is 2.15. The summed E-state index contributed by atoms with van der Waals surface area (Å²) in [6.45, 7) is 1.80. The molecule has 3 heteroatoms. The normalized spacial score (nSPS) is 20.8. The molecule has 2 rings (SSSR count). The van der Waals surface area contributed by atoms with Crippen molar-refractivity contribution in [3.8, 4) is 0 Å². The number of rotatable bonds is 2. The molecule has 1 heterocycles. The lowest BCUT2D eigenvalue weighted by atomic mass is 10.1. The second kappa shape index (κ2) is 5.12. The van der Waals surface area contributed by atoms with Crippen molar-refractivity contribution in [3.63, 3.8) is 0 Å². The van der Waals surface area contributed by atoms with Gasteiger partial charge in [0, 0.05) is 25.8 Å². The molecular formula is C13H18N2O. The summed E-state index contributed by atoms with van der Waals surface area (Å²) in [6.07, 6.45) is 2.49. The van der Waals surface area contributed by atoms with Crippen LogP contribution in [0.5, 0.6) is 0 Å². The molecule has 1 aliphatic rings. The van der Waals surface area contributed by atoms with Gasteiger partial charge in [-0.3, -0.25) is 5.41 Å². The van der Waals surface area contributed by atoms with Gasteiger partial charge in [0.15, 0.2) is 0 Å². The average Bonchev–Trinajstić information content (AvgIpc) is 2.39. The molecule has 3 nitrogen and oxygen atoms in total. The Morgan fingerprint density at radius 2 is 2.12 bits per heavy atom. The smallest absolute Gasteiger partial charge is 0.128 e. The van der Waals surface area contributed by atoms with E-state index < -0.39 is 0 Å². The SMILES string of the molecule is COC1CCCN(C(=N)c2ccccc2)C1. The summed E-state index contributed by atoms with van der Waals surface area (Å²) < 4.78 is 5.37. The van der Waals surface area contributed by atoms with E-state index in [1.165, 1.54) is 0 Å². The fourth-order valence-electron chi connectivity index (χ4n) is 2.11. The summed E-state index contributed by atoms with van der Waals surface area (Å²) >= 11 is 0. The molecule has 0 amide bonds. The van der Waals surface area contributed by atoms with Gasteiger partial charge in [0.05, 0.1) is 6.10 Å². The Kier molecular flexibility index (Phi) is 3.57. The Morgan fingerprint density at radius 1 is 1.38 bits per heavy atom. The molecule has 16 heavy (non-hydrogen) atoms. The number of nitrogens with one attached hydrogen (secondary N) is 1. The highest BCUT2D eigenvalue weighted by molar-refractivity contribution is 5.96. The minimum atomic E-state index is 0.276. The molecule has 0 aliphatic carbocycles. The summed E-state index contributed by atoms with van der Waals surface area (Å²) in [4.78, 5) is 2.10. The second-order valence-electron chi connectivity index (χ2n) is 4.16. The van der Waals surface area contributed by atoms with Crippen LogP contribution in [0.3, 0.4) is 0 Å². The van der Waals surface area contributed by atoms with E-state index in [1.54, 1.807) is 7.11 Å². The number of piperidine rings is 1. The summed E-state index contributed by atoms with van der Waals surface area (Å²) in [5.41, 5.74) is 0.985. The summed E-state index contributed by atoms with van der Waals surface area (Å²) in [6, 6.07) is 9.89. The van der Waals surface area contributed by atoms with Gasteiger partial charge in [0.1, 0.15) is 5.84 Å². The van der Waals surface area contributed by atoms with Crippen LogP contribution in [-0.4, -0.2) is 37.0 Å². The molecule has 1 aromatic carbocycles. The van der Waals surface area contributed by atoms with E-state index in [-0.39, 0.29) is 6.10 Å². The van der Waals surface area contributed by atoms with Crippen molar-refractivity contribution >= 4 is 5.84 Å². The Bertz CT molecular complexity index is 350. The van der Waals surface area contributed by atoms with Gasteiger partial charge < -0.3 is 9.64 Å². The van der Waals surface area contributed by atoms with E-state index >= 15 is 0 Å². The maximum atomic E-state index is 8.16. The minimum Gasteiger partial charge on any atom is -0.380 e.